The highest BCUT2D eigenvalue weighted by Gasteiger charge is 2.39. The number of rotatable bonds is 8. The number of nitrogens with zero attached hydrogens (tertiary/aromatic N) is 3. The number of non-ortho nitro benzene ring substituents is 1. The number of hydrogen-bond acceptors (Lipinski definition) is 8. The number of nitro groups is 1. The van der Waals surface area contributed by atoms with Gasteiger partial charge >= 0.3 is 5.97 Å². The van der Waals surface area contributed by atoms with E-state index in [1.807, 2.05) is 0 Å². The van der Waals surface area contributed by atoms with E-state index in [1.54, 1.807) is 26.0 Å². The number of benzene rings is 1. The summed E-state index contributed by atoms with van der Waals surface area (Å²) in [6.07, 6.45) is 0. The Kier molecular flexibility index (Phi) is 7.72. The Morgan fingerprint density at radius 1 is 1.50 bits per heavy atom. The van der Waals surface area contributed by atoms with Crippen molar-refractivity contribution in [1.29, 1.82) is 5.26 Å². The van der Waals surface area contributed by atoms with Crippen LogP contribution >= 0.6 is 11.8 Å². The standard InChI is InChI=1S/C19H22N4O4S/c1-3-27-19(24)18-16(11-28-8-7-20)22-12(2)15(10-21)17(18)13-5-4-6-14(9-13)23(25)26/h4-6,9,15,17H,3,7-8,11,20H2,1-2H3/t15?,17-/m0/s1. The topological polar surface area (TPSA) is 132 Å². The normalized spacial score (nSPS) is 19.0. The summed E-state index contributed by atoms with van der Waals surface area (Å²) in [5.41, 5.74) is 7.33. The van der Waals surface area contributed by atoms with Gasteiger partial charge in [-0.25, -0.2) is 4.79 Å². The summed E-state index contributed by atoms with van der Waals surface area (Å²) in [6, 6.07) is 8.21. The lowest BCUT2D eigenvalue weighted by atomic mass is 9.76. The summed E-state index contributed by atoms with van der Waals surface area (Å²) in [7, 11) is 0. The van der Waals surface area contributed by atoms with Crippen molar-refractivity contribution >= 4 is 29.1 Å². The molecule has 0 saturated carbocycles. The van der Waals surface area contributed by atoms with Gasteiger partial charge in [-0.15, -0.1) is 0 Å². The van der Waals surface area contributed by atoms with E-state index in [9.17, 15) is 20.2 Å². The summed E-state index contributed by atoms with van der Waals surface area (Å²) < 4.78 is 5.23. The maximum atomic E-state index is 12.8. The van der Waals surface area contributed by atoms with Crippen LogP contribution in [0.5, 0.6) is 0 Å². The number of carbonyl (C=O) groups excluding carboxylic acids is 1. The highest BCUT2D eigenvalue weighted by atomic mass is 32.2. The monoisotopic (exact) mass is 402 g/mol. The minimum atomic E-state index is -0.718. The van der Waals surface area contributed by atoms with Gasteiger partial charge in [0.2, 0.25) is 0 Å². The molecule has 1 aliphatic heterocycles. The first-order chi connectivity index (χ1) is 13.4. The Morgan fingerprint density at radius 2 is 2.25 bits per heavy atom. The van der Waals surface area contributed by atoms with Crippen LogP contribution in [-0.2, 0) is 9.53 Å². The van der Waals surface area contributed by atoms with Gasteiger partial charge in [0.1, 0.15) is 0 Å². The predicted octanol–water partition coefficient (Wildman–Crippen LogP) is 2.80. The van der Waals surface area contributed by atoms with Crippen LogP contribution in [0.25, 0.3) is 0 Å². The number of ether oxygens (including phenoxy) is 1. The molecule has 1 aliphatic rings. The van der Waals surface area contributed by atoms with Crippen LogP contribution in [0.2, 0.25) is 0 Å². The summed E-state index contributed by atoms with van der Waals surface area (Å²) in [5.74, 6) is -0.831. The first-order valence-corrected chi connectivity index (χ1v) is 9.97. The second kappa shape index (κ2) is 10.0. The van der Waals surface area contributed by atoms with E-state index < -0.39 is 22.7 Å². The van der Waals surface area contributed by atoms with Crippen LogP contribution in [-0.4, -0.2) is 41.3 Å². The van der Waals surface area contributed by atoms with E-state index in [0.29, 0.717) is 35.0 Å². The van der Waals surface area contributed by atoms with Crippen molar-refractivity contribution in [2.75, 3.05) is 24.7 Å². The lowest BCUT2D eigenvalue weighted by molar-refractivity contribution is -0.384. The van der Waals surface area contributed by atoms with E-state index >= 15 is 0 Å². The van der Waals surface area contributed by atoms with Crippen molar-refractivity contribution in [2.45, 2.75) is 19.8 Å². The van der Waals surface area contributed by atoms with Crippen LogP contribution in [0.4, 0.5) is 5.69 Å². The molecule has 0 aromatic heterocycles. The Hall–Kier alpha value is -2.70. The zero-order valence-electron chi connectivity index (χ0n) is 15.8. The molecule has 8 nitrogen and oxygen atoms in total. The fourth-order valence-corrected chi connectivity index (χ4v) is 3.83. The average molecular weight is 402 g/mol. The number of esters is 1. The minimum Gasteiger partial charge on any atom is -0.463 e. The predicted molar refractivity (Wildman–Crippen MR) is 108 cm³/mol. The van der Waals surface area contributed by atoms with Crippen LogP contribution in [0, 0.1) is 27.4 Å². The zero-order valence-corrected chi connectivity index (χ0v) is 16.6. The van der Waals surface area contributed by atoms with E-state index in [-0.39, 0.29) is 17.9 Å². The second-order valence-corrected chi connectivity index (χ2v) is 7.22. The van der Waals surface area contributed by atoms with Crippen LogP contribution < -0.4 is 5.73 Å². The maximum absolute atomic E-state index is 12.8. The van der Waals surface area contributed by atoms with Gasteiger partial charge in [-0.2, -0.15) is 17.0 Å². The number of nitriles is 1. The highest BCUT2D eigenvalue weighted by molar-refractivity contribution is 7.99. The molecule has 1 aromatic rings. The smallest absolute Gasteiger partial charge is 0.336 e. The number of hydrogen-bond donors (Lipinski definition) is 1. The quantitative estimate of drug-likeness (QED) is 0.306. The molecule has 0 aliphatic carbocycles. The molecule has 0 bridgehead atoms. The third kappa shape index (κ3) is 4.77. The molecule has 0 fully saturated rings. The van der Waals surface area contributed by atoms with Gasteiger partial charge in [-0.3, -0.25) is 15.1 Å². The van der Waals surface area contributed by atoms with Crippen molar-refractivity contribution in [3.05, 3.63) is 51.2 Å². The van der Waals surface area contributed by atoms with Gasteiger partial charge in [0.25, 0.3) is 5.69 Å². The van der Waals surface area contributed by atoms with E-state index in [4.69, 9.17) is 10.5 Å². The van der Waals surface area contributed by atoms with Gasteiger partial charge in [0.05, 0.1) is 34.8 Å². The van der Waals surface area contributed by atoms with Gasteiger partial charge in [0, 0.05) is 41.8 Å². The molecule has 1 unspecified atom stereocenters. The molecule has 0 radical (unpaired) electrons. The number of aliphatic imine (C=N–C) groups is 1. The maximum Gasteiger partial charge on any atom is 0.336 e. The Morgan fingerprint density at radius 3 is 2.86 bits per heavy atom. The van der Waals surface area contributed by atoms with Crippen LogP contribution in [0.3, 0.4) is 0 Å². The fourth-order valence-electron chi connectivity index (χ4n) is 3.10. The lowest BCUT2D eigenvalue weighted by Gasteiger charge is -2.29. The molecule has 2 rings (SSSR count). The molecule has 9 heteroatoms. The molecule has 2 N–H and O–H groups in total. The number of thioether (sulfide) groups is 1. The SMILES string of the molecule is CCOC(=O)C1=C(CSCCN)N=C(C)C(C#N)[C@@H]1c1cccc([N+](=O)[O-])c1. The summed E-state index contributed by atoms with van der Waals surface area (Å²) >= 11 is 1.53. The first-order valence-electron chi connectivity index (χ1n) is 8.81. The number of carbonyl (C=O) groups is 1. The van der Waals surface area contributed by atoms with Crippen molar-refractivity contribution in [2.24, 2.45) is 16.6 Å². The van der Waals surface area contributed by atoms with Crippen molar-refractivity contribution in [3.8, 4) is 6.07 Å². The third-order valence-electron chi connectivity index (χ3n) is 4.29. The molecule has 1 aromatic carbocycles. The van der Waals surface area contributed by atoms with Crippen molar-refractivity contribution < 1.29 is 14.5 Å². The molecule has 28 heavy (non-hydrogen) atoms. The molecule has 0 amide bonds. The van der Waals surface area contributed by atoms with Gasteiger partial charge < -0.3 is 10.5 Å². The fraction of sp³-hybridized carbons (Fsp3) is 0.421. The highest BCUT2D eigenvalue weighted by Crippen LogP contribution is 2.40. The van der Waals surface area contributed by atoms with Crippen molar-refractivity contribution in [3.63, 3.8) is 0 Å². The van der Waals surface area contributed by atoms with Gasteiger partial charge in [0.15, 0.2) is 0 Å². The minimum absolute atomic E-state index is 0.100. The third-order valence-corrected chi connectivity index (χ3v) is 5.29. The molecule has 1 heterocycles. The number of nitrogens with two attached hydrogens (primary N) is 1. The van der Waals surface area contributed by atoms with E-state index in [0.717, 1.165) is 0 Å². The molecule has 0 saturated heterocycles. The second-order valence-electron chi connectivity index (χ2n) is 6.11. The first kappa shape index (κ1) is 21.6. The zero-order chi connectivity index (χ0) is 20.7. The van der Waals surface area contributed by atoms with Gasteiger partial charge in [-0.1, -0.05) is 12.1 Å². The number of nitro benzene ring substituents is 1. The van der Waals surface area contributed by atoms with E-state index in [1.165, 1.54) is 23.9 Å². The van der Waals surface area contributed by atoms with Crippen LogP contribution in [0.15, 0.2) is 40.5 Å². The Bertz CT molecular complexity index is 860. The molecule has 148 valence electrons. The largest absolute Gasteiger partial charge is 0.463 e. The molecule has 0 spiro atoms. The summed E-state index contributed by atoms with van der Waals surface area (Å²) in [6.45, 7) is 4.09. The molecule has 2 atom stereocenters. The average Bonchev–Trinajstić information content (AvgIpc) is 2.67. The molecular weight excluding hydrogens is 380 g/mol. The lowest BCUT2D eigenvalue weighted by Crippen LogP contribution is -2.30. The van der Waals surface area contributed by atoms with Crippen molar-refractivity contribution in [1.82, 2.24) is 0 Å². The van der Waals surface area contributed by atoms with E-state index in [2.05, 4.69) is 11.1 Å². The Labute approximate surface area is 167 Å². The van der Waals surface area contributed by atoms with Gasteiger partial charge in [-0.05, 0) is 19.4 Å². The summed E-state index contributed by atoms with van der Waals surface area (Å²) in [5, 5.41) is 20.9. The Balaban J connectivity index is 2.63. The summed E-state index contributed by atoms with van der Waals surface area (Å²) in [4.78, 5) is 28.0. The van der Waals surface area contributed by atoms with Crippen LogP contribution in [0.1, 0.15) is 25.3 Å². The molecular formula is C19H22N4O4S.